The lowest BCUT2D eigenvalue weighted by molar-refractivity contribution is -0.115. The van der Waals surface area contributed by atoms with Crippen LogP contribution in [0.1, 0.15) is 16.7 Å². The first kappa shape index (κ1) is 17.5. The molecule has 0 saturated carbocycles. The Labute approximate surface area is 161 Å². The van der Waals surface area contributed by atoms with Crippen molar-refractivity contribution in [1.29, 1.82) is 0 Å². The van der Waals surface area contributed by atoms with Gasteiger partial charge in [0.15, 0.2) is 16.7 Å². The van der Waals surface area contributed by atoms with Crippen LogP contribution < -0.4 is 19.5 Å². The summed E-state index contributed by atoms with van der Waals surface area (Å²) in [5.74, 6) is 1.69. The van der Waals surface area contributed by atoms with Crippen molar-refractivity contribution in [2.45, 2.75) is 13.8 Å². The molecule has 2 aliphatic heterocycles. The number of hydrogen-bond acceptors (Lipinski definition) is 6. The summed E-state index contributed by atoms with van der Waals surface area (Å²) in [7, 11) is 1.58. The van der Waals surface area contributed by atoms with Crippen molar-refractivity contribution in [3.8, 4) is 17.2 Å². The average Bonchev–Trinajstić information content (AvgIpc) is 3.23. The van der Waals surface area contributed by atoms with E-state index in [0.29, 0.717) is 27.3 Å². The molecule has 2 aromatic rings. The summed E-state index contributed by atoms with van der Waals surface area (Å²) in [5, 5.41) is 3.36. The Bertz CT molecular complexity index is 998. The van der Waals surface area contributed by atoms with E-state index in [1.54, 1.807) is 25.3 Å². The summed E-state index contributed by atoms with van der Waals surface area (Å²) in [6, 6.07) is 9.52. The zero-order valence-electron chi connectivity index (χ0n) is 15.2. The molecule has 2 aromatic carbocycles. The second-order valence-electron chi connectivity index (χ2n) is 6.20. The molecule has 0 unspecified atom stereocenters. The van der Waals surface area contributed by atoms with Crippen LogP contribution in [0.15, 0.2) is 40.2 Å². The zero-order chi connectivity index (χ0) is 19.0. The fourth-order valence-electron chi connectivity index (χ4n) is 2.76. The third-order valence-electron chi connectivity index (χ3n) is 4.38. The number of aliphatic imine (C=N–C) groups is 1. The molecule has 1 saturated heterocycles. The van der Waals surface area contributed by atoms with Gasteiger partial charge in [0.1, 0.15) is 5.75 Å². The molecule has 0 atom stereocenters. The van der Waals surface area contributed by atoms with Gasteiger partial charge in [-0.15, -0.1) is 0 Å². The second-order valence-corrected chi connectivity index (χ2v) is 7.23. The van der Waals surface area contributed by atoms with Gasteiger partial charge in [0.25, 0.3) is 5.91 Å². The summed E-state index contributed by atoms with van der Waals surface area (Å²) >= 11 is 1.29. The number of benzene rings is 2. The van der Waals surface area contributed by atoms with Crippen LogP contribution in [0.5, 0.6) is 17.2 Å². The molecule has 0 radical (unpaired) electrons. The number of thioether (sulfide) groups is 1. The molecule has 0 spiro atoms. The fourth-order valence-corrected chi connectivity index (χ4v) is 3.60. The summed E-state index contributed by atoms with van der Waals surface area (Å²) < 4.78 is 16.2. The van der Waals surface area contributed by atoms with Gasteiger partial charge in [-0.25, -0.2) is 4.99 Å². The summed E-state index contributed by atoms with van der Waals surface area (Å²) in [6.07, 6.45) is 1.77. The van der Waals surface area contributed by atoms with Crippen molar-refractivity contribution < 1.29 is 19.0 Å². The highest BCUT2D eigenvalue weighted by Gasteiger charge is 2.25. The van der Waals surface area contributed by atoms with Gasteiger partial charge in [-0.05, 0) is 61.0 Å². The highest BCUT2D eigenvalue weighted by molar-refractivity contribution is 8.18. The summed E-state index contributed by atoms with van der Waals surface area (Å²) in [4.78, 5) is 17.4. The van der Waals surface area contributed by atoms with Crippen LogP contribution in [-0.4, -0.2) is 25.0 Å². The summed E-state index contributed by atoms with van der Waals surface area (Å²) in [6.45, 7) is 4.27. The van der Waals surface area contributed by atoms with Gasteiger partial charge in [0.05, 0.1) is 17.7 Å². The predicted molar refractivity (Wildman–Crippen MR) is 106 cm³/mol. The van der Waals surface area contributed by atoms with Crippen LogP contribution >= 0.6 is 11.8 Å². The van der Waals surface area contributed by atoms with E-state index in [2.05, 4.69) is 17.2 Å². The molecule has 4 rings (SSSR count). The lowest BCUT2D eigenvalue weighted by Crippen LogP contribution is -2.19. The van der Waals surface area contributed by atoms with Crippen molar-refractivity contribution in [2.24, 2.45) is 4.99 Å². The smallest absolute Gasteiger partial charge is 0.264 e. The number of ether oxygens (including phenoxy) is 3. The molecule has 1 fully saturated rings. The van der Waals surface area contributed by atoms with Crippen molar-refractivity contribution in [3.63, 3.8) is 0 Å². The molecule has 27 heavy (non-hydrogen) atoms. The van der Waals surface area contributed by atoms with Gasteiger partial charge in [0.2, 0.25) is 6.79 Å². The molecule has 2 heterocycles. The monoisotopic (exact) mass is 382 g/mol. The first-order valence-electron chi connectivity index (χ1n) is 8.38. The number of fused-ring (bicyclic) bond motifs is 1. The highest BCUT2D eigenvalue weighted by atomic mass is 32.2. The van der Waals surface area contributed by atoms with Gasteiger partial charge >= 0.3 is 0 Å². The third kappa shape index (κ3) is 3.50. The van der Waals surface area contributed by atoms with Gasteiger partial charge in [-0.2, -0.15) is 0 Å². The number of carbonyl (C=O) groups excluding carboxylic acids is 1. The average molecular weight is 382 g/mol. The molecule has 7 heteroatoms. The Balaban J connectivity index is 1.63. The molecule has 0 aromatic heterocycles. The molecule has 0 bridgehead atoms. The van der Waals surface area contributed by atoms with Crippen molar-refractivity contribution in [3.05, 3.63) is 51.9 Å². The van der Waals surface area contributed by atoms with Crippen LogP contribution in [0.2, 0.25) is 0 Å². The molecule has 6 nitrogen and oxygen atoms in total. The number of hydrogen-bond donors (Lipinski definition) is 1. The van der Waals surface area contributed by atoms with E-state index in [-0.39, 0.29) is 12.7 Å². The normalized spacial score (nSPS) is 18.3. The van der Waals surface area contributed by atoms with Crippen LogP contribution in [-0.2, 0) is 4.79 Å². The van der Waals surface area contributed by atoms with Gasteiger partial charge in [-0.3, -0.25) is 4.79 Å². The fraction of sp³-hybridized carbons (Fsp3) is 0.200. The third-order valence-corrected chi connectivity index (χ3v) is 5.29. The van der Waals surface area contributed by atoms with Crippen molar-refractivity contribution in [1.82, 2.24) is 5.32 Å². The molecule has 1 amide bonds. The molecule has 1 N–H and O–H groups in total. The van der Waals surface area contributed by atoms with E-state index in [9.17, 15) is 4.79 Å². The largest absolute Gasteiger partial charge is 0.496 e. The van der Waals surface area contributed by atoms with E-state index in [1.165, 1.54) is 17.3 Å². The first-order chi connectivity index (χ1) is 13.0. The number of nitrogens with zero attached hydrogens (tertiary/aromatic N) is 1. The Morgan fingerprint density at radius 3 is 2.67 bits per heavy atom. The van der Waals surface area contributed by atoms with E-state index in [4.69, 9.17) is 14.2 Å². The number of methoxy groups -OCH3 is 1. The Kier molecular flexibility index (Phi) is 4.53. The maximum atomic E-state index is 12.4. The van der Waals surface area contributed by atoms with Crippen LogP contribution in [0.3, 0.4) is 0 Å². The topological polar surface area (TPSA) is 69.2 Å². The Hall–Kier alpha value is -2.93. The van der Waals surface area contributed by atoms with Crippen LogP contribution in [0, 0.1) is 13.8 Å². The second kappa shape index (κ2) is 7.00. The van der Waals surface area contributed by atoms with E-state index < -0.39 is 0 Å². The number of amides is 1. The lowest BCUT2D eigenvalue weighted by atomic mass is 10.1. The maximum absolute atomic E-state index is 12.4. The standard InChI is InChI=1S/C20H18N2O4S/c1-11-4-5-14(6-12(11)2)21-20-22-19(23)18(27-20)8-13-7-16-17(26-10-25-16)9-15(13)24-3/h4-9H,10H2,1-3H3,(H,21,22,23)/b18-8+. The number of aryl methyl sites for hydroxylation is 2. The van der Waals surface area contributed by atoms with Crippen LogP contribution in [0.25, 0.3) is 6.08 Å². The minimum Gasteiger partial charge on any atom is -0.496 e. The molecular formula is C20H18N2O4S. The minimum atomic E-state index is -0.192. The molecular weight excluding hydrogens is 364 g/mol. The zero-order valence-corrected chi connectivity index (χ0v) is 16.0. The molecule has 0 aliphatic carbocycles. The maximum Gasteiger partial charge on any atom is 0.264 e. The molecule has 138 valence electrons. The van der Waals surface area contributed by atoms with Gasteiger partial charge < -0.3 is 19.5 Å². The lowest BCUT2D eigenvalue weighted by Gasteiger charge is -2.06. The predicted octanol–water partition coefficient (Wildman–Crippen LogP) is 3.93. The highest BCUT2D eigenvalue weighted by Crippen LogP contribution is 2.40. The number of amidine groups is 1. The number of rotatable bonds is 3. The summed E-state index contributed by atoms with van der Waals surface area (Å²) in [5.41, 5.74) is 3.92. The Morgan fingerprint density at radius 2 is 1.93 bits per heavy atom. The first-order valence-corrected chi connectivity index (χ1v) is 9.19. The van der Waals surface area contributed by atoms with Gasteiger partial charge in [0, 0.05) is 11.6 Å². The number of carbonyl (C=O) groups is 1. The van der Waals surface area contributed by atoms with E-state index in [0.717, 1.165) is 16.8 Å². The van der Waals surface area contributed by atoms with Gasteiger partial charge in [-0.1, -0.05) is 6.07 Å². The van der Waals surface area contributed by atoms with E-state index >= 15 is 0 Å². The Morgan fingerprint density at radius 1 is 1.15 bits per heavy atom. The minimum absolute atomic E-state index is 0.181. The molecule has 2 aliphatic rings. The van der Waals surface area contributed by atoms with Crippen molar-refractivity contribution in [2.75, 3.05) is 13.9 Å². The quantitative estimate of drug-likeness (QED) is 0.815. The van der Waals surface area contributed by atoms with Crippen molar-refractivity contribution >= 4 is 34.6 Å². The number of nitrogens with one attached hydrogen (secondary N) is 1. The van der Waals surface area contributed by atoms with Crippen LogP contribution in [0.4, 0.5) is 5.69 Å². The van der Waals surface area contributed by atoms with E-state index in [1.807, 2.05) is 25.1 Å². The SMILES string of the molecule is COc1cc2c(cc1/C=C1/SC(=Nc3ccc(C)c(C)c3)NC1=O)OCO2.